The normalized spacial score (nSPS) is 12.1. The van der Waals surface area contributed by atoms with Gasteiger partial charge in [0.1, 0.15) is 10.7 Å². The van der Waals surface area contributed by atoms with E-state index in [1.54, 1.807) is 0 Å². The van der Waals surface area contributed by atoms with Gasteiger partial charge < -0.3 is 0 Å². The molecule has 0 atom stereocenters. The number of halogens is 2. The van der Waals surface area contributed by atoms with Gasteiger partial charge in [-0.2, -0.15) is 0 Å². The molecule has 0 unspecified atom stereocenters. The highest BCUT2D eigenvalue weighted by atomic mass is 35.5. The third-order valence-electron chi connectivity index (χ3n) is 2.90. The number of nitrogens with one attached hydrogen (secondary N) is 1. The second kappa shape index (κ2) is 6.50. The molecule has 0 radical (unpaired) electrons. The van der Waals surface area contributed by atoms with Crippen molar-refractivity contribution in [2.24, 2.45) is 5.92 Å². The lowest BCUT2D eigenvalue weighted by atomic mass is 10.0. The third-order valence-corrected chi connectivity index (χ3v) is 4.59. The van der Waals surface area contributed by atoms with E-state index in [4.69, 9.17) is 11.6 Å². The van der Waals surface area contributed by atoms with Crippen LogP contribution < -0.4 is 4.72 Å². The summed E-state index contributed by atoms with van der Waals surface area (Å²) in [5.74, 6) is -0.574. The molecule has 18 heavy (non-hydrogen) atoms. The first kappa shape index (κ1) is 15.4. The molecule has 0 heterocycles. The summed E-state index contributed by atoms with van der Waals surface area (Å²) in [6, 6.07) is 3.52. The molecule has 0 aromatic heterocycles. The second-order valence-corrected chi connectivity index (χ2v) is 6.28. The molecule has 0 aliphatic heterocycles. The molecule has 0 fully saturated rings. The van der Waals surface area contributed by atoms with Gasteiger partial charge in [-0.1, -0.05) is 38.3 Å². The first-order valence-electron chi connectivity index (χ1n) is 5.85. The van der Waals surface area contributed by atoms with Gasteiger partial charge in [-0.05, 0) is 24.1 Å². The predicted octanol–water partition coefficient (Wildman–Crippen LogP) is 3.19. The first-order chi connectivity index (χ1) is 8.40. The Kier molecular flexibility index (Phi) is 5.56. The number of sulfonamides is 1. The Morgan fingerprint density at radius 2 is 1.94 bits per heavy atom. The van der Waals surface area contributed by atoms with Gasteiger partial charge in [0, 0.05) is 11.6 Å². The molecule has 102 valence electrons. The van der Waals surface area contributed by atoms with Gasteiger partial charge in [-0.25, -0.2) is 17.5 Å². The van der Waals surface area contributed by atoms with Crippen LogP contribution in [0.15, 0.2) is 23.1 Å². The van der Waals surface area contributed by atoms with E-state index < -0.39 is 15.8 Å². The van der Waals surface area contributed by atoms with E-state index in [2.05, 4.69) is 4.72 Å². The number of rotatable bonds is 6. The standard InChI is InChI=1S/C12H17ClFNO2S/c1-3-9(4-2)8-15-18(16,17)12-6-5-10(13)7-11(12)14/h5-7,9,15H,3-4,8H2,1-2H3. The van der Waals surface area contributed by atoms with Gasteiger partial charge in [0.2, 0.25) is 10.0 Å². The molecule has 1 aromatic rings. The number of hydrogen-bond acceptors (Lipinski definition) is 2. The van der Waals surface area contributed by atoms with E-state index in [-0.39, 0.29) is 15.8 Å². The van der Waals surface area contributed by atoms with Crippen LogP contribution in [0, 0.1) is 11.7 Å². The maximum absolute atomic E-state index is 13.5. The molecular weight excluding hydrogens is 277 g/mol. The van der Waals surface area contributed by atoms with Crippen molar-refractivity contribution in [2.75, 3.05) is 6.54 Å². The van der Waals surface area contributed by atoms with Crippen LogP contribution in [0.25, 0.3) is 0 Å². The van der Waals surface area contributed by atoms with Crippen LogP contribution in [0.3, 0.4) is 0 Å². The zero-order valence-corrected chi connectivity index (χ0v) is 12.0. The van der Waals surface area contributed by atoms with Crippen molar-refractivity contribution in [3.8, 4) is 0 Å². The molecule has 0 saturated heterocycles. The van der Waals surface area contributed by atoms with E-state index in [1.807, 2.05) is 13.8 Å². The predicted molar refractivity (Wildman–Crippen MR) is 70.7 cm³/mol. The molecule has 0 amide bonds. The molecule has 1 N–H and O–H groups in total. The fourth-order valence-electron chi connectivity index (χ4n) is 1.58. The van der Waals surface area contributed by atoms with Gasteiger partial charge in [-0.15, -0.1) is 0 Å². The Morgan fingerprint density at radius 1 is 1.33 bits per heavy atom. The average Bonchev–Trinajstić information content (AvgIpc) is 2.29. The molecule has 0 bridgehead atoms. The smallest absolute Gasteiger partial charge is 0.211 e. The maximum Gasteiger partial charge on any atom is 0.243 e. The minimum atomic E-state index is -3.81. The van der Waals surface area contributed by atoms with Gasteiger partial charge in [0.25, 0.3) is 0 Å². The van der Waals surface area contributed by atoms with Crippen LogP contribution in [0.4, 0.5) is 4.39 Å². The summed E-state index contributed by atoms with van der Waals surface area (Å²) < 4.78 is 39.8. The van der Waals surface area contributed by atoms with E-state index >= 15 is 0 Å². The molecular formula is C12H17ClFNO2S. The largest absolute Gasteiger partial charge is 0.243 e. The minimum Gasteiger partial charge on any atom is -0.211 e. The highest BCUT2D eigenvalue weighted by Crippen LogP contribution is 2.19. The van der Waals surface area contributed by atoms with Crippen molar-refractivity contribution in [3.05, 3.63) is 29.0 Å². The Bertz CT molecular complexity index is 501. The quantitative estimate of drug-likeness (QED) is 0.875. The van der Waals surface area contributed by atoms with Crippen molar-refractivity contribution in [1.82, 2.24) is 4.72 Å². The Balaban J connectivity index is 2.86. The van der Waals surface area contributed by atoms with Crippen LogP contribution in [0.2, 0.25) is 5.02 Å². The molecule has 6 heteroatoms. The van der Waals surface area contributed by atoms with Crippen LogP contribution in [-0.2, 0) is 10.0 Å². The topological polar surface area (TPSA) is 46.2 Å². The van der Waals surface area contributed by atoms with Crippen molar-refractivity contribution in [1.29, 1.82) is 0 Å². The summed E-state index contributed by atoms with van der Waals surface area (Å²) in [6.45, 7) is 4.30. The summed E-state index contributed by atoms with van der Waals surface area (Å²) in [4.78, 5) is -0.363. The van der Waals surface area contributed by atoms with E-state index in [1.165, 1.54) is 12.1 Å². The monoisotopic (exact) mass is 293 g/mol. The lowest BCUT2D eigenvalue weighted by molar-refractivity contribution is 0.477. The minimum absolute atomic E-state index is 0.173. The van der Waals surface area contributed by atoms with E-state index in [0.29, 0.717) is 6.54 Å². The highest BCUT2D eigenvalue weighted by Gasteiger charge is 2.19. The SMILES string of the molecule is CCC(CC)CNS(=O)(=O)c1ccc(Cl)cc1F. The van der Waals surface area contributed by atoms with Crippen molar-refractivity contribution < 1.29 is 12.8 Å². The van der Waals surface area contributed by atoms with Crippen LogP contribution >= 0.6 is 11.6 Å². The Hall–Kier alpha value is -0.650. The van der Waals surface area contributed by atoms with Gasteiger partial charge in [0.15, 0.2) is 0 Å². The summed E-state index contributed by atoms with van der Waals surface area (Å²) in [6.07, 6.45) is 1.75. The molecule has 1 rings (SSSR count). The summed E-state index contributed by atoms with van der Waals surface area (Å²) in [5.41, 5.74) is 0. The van der Waals surface area contributed by atoms with E-state index in [0.717, 1.165) is 18.9 Å². The number of hydrogen-bond donors (Lipinski definition) is 1. The zero-order valence-electron chi connectivity index (χ0n) is 10.4. The number of benzene rings is 1. The highest BCUT2D eigenvalue weighted by molar-refractivity contribution is 7.89. The van der Waals surface area contributed by atoms with Crippen molar-refractivity contribution in [3.63, 3.8) is 0 Å². The Labute approximate surface area is 112 Å². The summed E-state index contributed by atoms with van der Waals surface area (Å²) in [5, 5.41) is 0.173. The summed E-state index contributed by atoms with van der Waals surface area (Å²) in [7, 11) is -3.81. The Morgan fingerprint density at radius 3 is 2.44 bits per heavy atom. The van der Waals surface area contributed by atoms with Gasteiger partial charge >= 0.3 is 0 Å². The fourth-order valence-corrected chi connectivity index (χ4v) is 2.91. The molecule has 1 aromatic carbocycles. The van der Waals surface area contributed by atoms with Gasteiger partial charge in [-0.3, -0.25) is 0 Å². The molecule has 0 aliphatic rings. The first-order valence-corrected chi connectivity index (χ1v) is 7.71. The van der Waals surface area contributed by atoms with Crippen molar-refractivity contribution in [2.45, 2.75) is 31.6 Å². The lowest BCUT2D eigenvalue weighted by Gasteiger charge is -2.14. The average molecular weight is 294 g/mol. The second-order valence-electron chi connectivity index (χ2n) is 4.11. The lowest BCUT2D eigenvalue weighted by Crippen LogP contribution is -2.29. The molecule has 0 aliphatic carbocycles. The zero-order chi connectivity index (χ0) is 13.8. The van der Waals surface area contributed by atoms with Crippen LogP contribution in [-0.4, -0.2) is 15.0 Å². The fraction of sp³-hybridized carbons (Fsp3) is 0.500. The van der Waals surface area contributed by atoms with Crippen LogP contribution in [0.1, 0.15) is 26.7 Å². The molecule has 0 saturated carbocycles. The molecule has 0 spiro atoms. The van der Waals surface area contributed by atoms with Crippen molar-refractivity contribution >= 4 is 21.6 Å². The third kappa shape index (κ3) is 3.93. The summed E-state index contributed by atoms with van der Waals surface area (Å²) >= 11 is 5.58. The van der Waals surface area contributed by atoms with Gasteiger partial charge in [0.05, 0.1) is 0 Å². The molecule has 3 nitrogen and oxygen atoms in total. The van der Waals surface area contributed by atoms with E-state index in [9.17, 15) is 12.8 Å². The van der Waals surface area contributed by atoms with Crippen LogP contribution in [0.5, 0.6) is 0 Å². The maximum atomic E-state index is 13.5.